The monoisotopic (exact) mass is 392 g/mol. The van der Waals surface area contributed by atoms with E-state index in [2.05, 4.69) is 20.2 Å². The van der Waals surface area contributed by atoms with Crippen LogP contribution in [0.4, 0.5) is 24.7 Å². The van der Waals surface area contributed by atoms with E-state index in [1.165, 1.54) is 0 Å². The maximum atomic E-state index is 13.2. The number of hydrogen-bond acceptors (Lipinski definition) is 6. The average Bonchev–Trinajstić information content (AvgIpc) is 3.09. The molecule has 3 heterocycles. The number of aromatic hydroxyl groups is 1. The standard InChI is InChI=1S/C18H19F3N6O/c1-11-12(2)16(24-27-15(11)22-23-17(27)18(19,20)21)26-8-6-25(7-9-26)13-4-3-5-14(28)10-13/h3-5,10,28H,6-9H2,1-2H3. The van der Waals surface area contributed by atoms with Gasteiger partial charge in [0.15, 0.2) is 11.5 Å². The lowest BCUT2D eigenvalue weighted by Crippen LogP contribution is -2.47. The van der Waals surface area contributed by atoms with Crippen molar-refractivity contribution in [2.45, 2.75) is 20.0 Å². The molecule has 1 N–H and O–H groups in total. The van der Waals surface area contributed by atoms with Crippen molar-refractivity contribution in [2.75, 3.05) is 36.0 Å². The first-order valence-corrected chi connectivity index (χ1v) is 8.84. The lowest BCUT2D eigenvalue weighted by Gasteiger charge is -2.37. The second-order valence-electron chi connectivity index (χ2n) is 6.82. The molecule has 3 aromatic rings. The Labute approximate surface area is 159 Å². The van der Waals surface area contributed by atoms with Crippen molar-refractivity contribution in [1.82, 2.24) is 19.8 Å². The van der Waals surface area contributed by atoms with Crippen LogP contribution in [0.25, 0.3) is 5.65 Å². The van der Waals surface area contributed by atoms with Crippen LogP contribution in [0.15, 0.2) is 24.3 Å². The lowest BCUT2D eigenvalue weighted by molar-refractivity contribution is -0.146. The molecule has 0 atom stereocenters. The molecule has 2 aromatic heterocycles. The fourth-order valence-electron chi connectivity index (χ4n) is 3.46. The molecule has 1 fully saturated rings. The molecule has 0 spiro atoms. The topological polar surface area (TPSA) is 69.8 Å². The predicted octanol–water partition coefficient (Wildman–Crippen LogP) is 2.79. The third-order valence-corrected chi connectivity index (χ3v) is 5.10. The molecule has 1 aromatic carbocycles. The van der Waals surface area contributed by atoms with E-state index in [1.807, 2.05) is 17.9 Å². The normalized spacial score (nSPS) is 15.5. The van der Waals surface area contributed by atoms with Crippen molar-refractivity contribution < 1.29 is 18.3 Å². The maximum Gasteiger partial charge on any atom is 0.453 e. The minimum Gasteiger partial charge on any atom is -0.508 e. The molecule has 1 aliphatic heterocycles. The van der Waals surface area contributed by atoms with Gasteiger partial charge in [-0.3, -0.25) is 0 Å². The number of phenols is 1. The fraction of sp³-hybridized carbons (Fsp3) is 0.389. The first-order chi connectivity index (χ1) is 13.3. The minimum atomic E-state index is -4.63. The van der Waals surface area contributed by atoms with E-state index in [0.29, 0.717) is 37.6 Å². The molecule has 0 unspecified atom stereocenters. The van der Waals surface area contributed by atoms with E-state index in [-0.39, 0.29) is 11.4 Å². The van der Waals surface area contributed by atoms with E-state index >= 15 is 0 Å². The summed E-state index contributed by atoms with van der Waals surface area (Å²) in [7, 11) is 0. The second-order valence-corrected chi connectivity index (χ2v) is 6.82. The Bertz CT molecular complexity index is 1020. The Morgan fingerprint density at radius 3 is 2.29 bits per heavy atom. The number of rotatable bonds is 2. The molecule has 1 aliphatic rings. The zero-order valence-corrected chi connectivity index (χ0v) is 15.4. The number of halogens is 3. The van der Waals surface area contributed by atoms with Gasteiger partial charge in [-0.2, -0.15) is 17.7 Å². The number of aromatic nitrogens is 4. The van der Waals surface area contributed by atoms with Gasteiger partial charge in [0, 0.05) is 49.1 Å². The van der Waals surface area contributed by atoms with Crippen molar-refractivity contribution in [3.8, 4) is 5.75 Å². The molecule has 10 heteroatoms. The van der Waals surface area contributed by atoms with Crippen molar-refractivity contribution >= 4 is 17.2 Å². The molecule has 7 nitrogen and oxygen atoms in total. The number of aryl methyl sites for hydroxylation is 1. The molecule has 28 heavy (non-hydrogen) atoms. The van der Waals surface area contributed by atoms with Gasteiger partial charge in [-0.15, -0.1) is 15.3 Å². The molecule has 0 bridgehead atoms. The van der Waals surface area contributed by atoms with Gasteiger partial charge in [0.25, 0.3) is 5.82 Å². The molecular formula is C18H19F3N6O. The molecule has 0 aliphatic carbocycles. The van der Waals surface area contributed by atoms with E-state index in [4.69, 9.17) is 0 Å². The van der Waals surface area contributed by atoms with E-state index in [0.717, 1.165) is 15.8 Å². The van der Waals surface area contributed by atoms with Crippen molar-refractivity contribution in [2.24, 2.45) is 0 Å². The summed E-state index contributed by atoms with van der Waals surface area (Å²) in [6.45, 7) is 6.08. The molecule has 1 saturated heterocycles. The molecule has 0 amide bonds. The van der Waals surface area contributed by atoms with Crippen LogP contribution in [0.1, 0.15) is 17.0 Å². The summed E-state index contributed by atoms with van der Waals surface area (Å²) in [5.41, 5.74) is 2.45. The van der Waals surface area contributed by atoms with E-state index in [9.17, 15) is 18.3 Å². The summed E-state index contributed by atoms with van der Waals surface area (Å²) in [5.74, 6) is -0.415. The van der Waals surface area contributed by atoms with E-state index < -0.39 is 12.0 Å². The van der Waals surface area contributed by atoms with Crippen LogP contribution < -0.4 is 9.80 Å². The summed E-state index contributed by atoms with van der Waals surface area (Å²) < 4.78 is 40.5. The first-order valence-electron chi connectivity index (χ1n) is 8.84. The molecule has 0 radical (unpaired) electrons. The van der Waals surface area contributed by atoms with Gasteiger partial charge in [0.1, 0.15) is 5.75 Å². The van der Waals surface area contributed by atoms with Crippen molar-refractivity contribution in [3.05, 3.63) is 41.2 Å². The number of fused-ring (bicyclic) bond motifs is 1. The van der Waals surface area contributed by atoms with Gasteiger partial charge in [-0.05, 0) is 26.0 Å². The van der Waals surface area contributed by atoms with Crippen LogP contribution >= 0.6 is 0 Å². The molecule has 148 valence electrons. The second kappa shape index (κ2) is 6.54. The number of hydrogen-bond donors (Lipinski definition) is 1. The van der Waals surface area contributed by atoms with Gasteiger partial charge >= 0.3 is 6.18 Å². The number of benzene rings is 1. The third kappa shape index (κ3) is 3.08. The van der Waals surface area contributed by atoms with Crippen LogP contribution in [-0.4, -0.2) is 51.1 Å². The third-order valence-electron chi connectivity index (χ3n) is 5.10. The number of alkyl halides is 3. The van der Waals surface area contributed by atoms with Crippen molar-refractivity contribution in [3.63, 3.8) is 0 Å². The number of anilines is 2. The highest BCUT2D eigenvalue weighted by Gasteiger charge is 2.38. The number of nitrogens with zero attached hydrogens (tertiary/aromatic N) is 6. The van der Waals surface area contributed by atoms with E-state index in [1.54, 1.807) is 25.1 Å². The number of piperazine rings is 1. The zero-order chi connectivity index (χ0) is 20.1. The Morgan fingerprint density at radius 1 is 0.964 bits per heavy atom. The Kier molecular flexibility index (Phi) is 4.28. The number of phenolic OH excluding ortho intramolecular Hbond substituents is 1. The zero-order valence-electron chi connectivity index (χ0n) is 15.4. The van der Waals surface area contributed by atoms with Gasteiger partial charge in [0.05, 0.1) is 0 Å². The average molecular weight is 392 g/mol. The predicted molar refractivity (Wildman–Crippen MR) is 97.8 cm³/mol. The highest BCUT2D eigenvalue weighted by Crippen LogP contribution is 2.31. The largest absolute Gasteiger partial charge is 0.508 e. The smallest absolute Gasteiger partial charge is 0.453 e. The van der Waals surface area contributed by atoms with Gasteiger partial charge in [0.2, 0.25) is 0 Å². The molecule has 4 rings (SSSR count). The molecular weight excluding hydrogens is 373 g/mol. The van der Waals surface area contributed by atoms with Crippen LogP contribution in [-0.2, 0) is 6.18 Å². The van der Waals surface area contributed by atoms with Crippen LogP contribution in [0.2, 0.25) is 0 Å². The lowest BCUT2D eigenvalue weighted by atomic mass is 10.1. The molecule has 0 saturated carbocycles. The van der Waals surface area contributed by atoms with Crippen molar-refractivity contribution in [1.29, 1.82) is 0 Å². The Morgan fingerprint density at radius 2 is 1.64 bits per heavy atom. The SMILES string of the molecule is Cc1c(N2CCN(c3cccc(O)c3)CC2)nn2c(C(F)(F)F)nnc2c1C. The summed E-state index contributed by atoms with van der Waals surface area (Å²) in [6.07, 6.45) is -4.63. The first kappa shape index (κ1) is 18.3. The highest BCUT2D eigenvalue weighted by atomic mass is 19.4. The van der Waals surface area contributed by atoms with Crippen LogP contribution in [0.5, 0.6) is 5.75 Å². The summed E-state index contributed by atoms with van der Waals surface area (Å²) in [6, 6.07) is 7.01. The van der Waals surface area contributed by atoms with Gasteiger partial charge in [-0.1, -0.05) is 6.07 Å². The summed E-state index contributed by atoms with van der Waals surface area (Å²) >= 11 is 0. The Hall–Kier alpha value is -3.04. The minimum absolute atomic E-state index is 0.118. The Balaban J connectivity index is 1.64. The summed E-state index contributed by atoms with van der Waals surface area (Å²) in [4.78, 5) is 4.10. The van der Waals surface area contributed by atoms with Gasteiger partial charge in [-0.25, -0.2) is 0 Å². The highest BCUT2D eigenvalue weighted by molar-refractivity contribution is 5.60. The summed E-state index contributed by atoms with van der Waals surface area (Å²) in [5, 5.41) is 20.9. The maximum absolute atomic E-state index is 13.2. The quantitative estimate of drug-likeness (QED) is 0.723. The van der Waals surface area contributed by atoms with Gasteiger partial charge < -0.3 is 14.9 Å². The van der Waals surface area contributed by atoms with Crippen LogP contribution in [0.3, 0.4) is 0 Å². The fourth-order valence-corrected chi connectivity index (χ4v) is 3.46. The van der Waals surface area contributed by atoms with Crippen LogP contribution in [0, 0.1) is 13.8 Å².